The van der Waals surface area contributed by atoms with Gasteiger partial charge in [0.2, 0.25) is 5.95 Å². The number of rotatable bonds is 5. The largest absolute Gasteiger partial charge is 0.368 e. The van der Waals surface area contributed by atoms with Crippen LogP contribution in [-0.2, 0) is 19.9 Å². The minimum atomic E-state index is 0.835. The minimum absolute atomic E-state index is 0.835. The number of imidazole rings is 1. The summed E-state index contributed by atoms with van der Waals surface area (Å²) in [7, 11) is 2.00. The standard InChI is InChI=1S/C21H30N8/c1-15-16(2)29-20(22-15)18(27-10-4-5-11-27)14-17(24-29)8-9-19-23-21(25-26(19)3)28-12-6-7-13-28/h14H,4-13H2,1-3H3. The van der Waals surface area contributed by atoms with Gasteiger partial charge in [-0.25, -0.2) is 9.50 Å². The van der Waals surface area contributed by atoms with Gasteiger partial charge in [-0.15, -0.1) is 5.10 Å². The molecule has 2 fully saturated rings. The van der Waals surface area contributed by atoms with Crippen LogP contribution in [-0.4, -0.2) is 55.5 Å². The summed E-state index contributed by atoms with van der Waals surface area (Å²) in [6.07, 6.45) is 6.66. The lowest BCUT2D eigenvalue weighted by molar-refractivity contribution is 0.681. The highest BCUT2D eigenvalue weighted by Gasteiger charge is 2.21. The molecule has 5 heterocycles. The van der Waals surface area contributed by atoms with Gasteiger partial charge < -0.3 is 9.80 Å². The topological polar surface area (TPSA) is 67.4 Å². The van der Waals surface area contributed by atoms with Crippen molar-refractivity contribution in [2.45, 2.75) is 52.4 Å². The molecule has 5 rings (SSSR count). The number of hydrogen-bond donors (Lipinski definition) is 0. The van der Waals surface area contributed by atoms with Crippen LogP contribution in [0, 0.1) is 13.8 Å². The van der Waals surface area contributed by atoms with E-state index in [0.29, 0.717) is 0 Å². The first-order chi connectivity index (χ1) is 14.1. The fourth-order valence-corrected chi connectivity index (χ4v) is 4.49. The second-order valence-electron chi connectivity index (χ2n) is 8.38. The van der Waals surface area contributed by atoms with E-state index in [1.54, 1.807) is 0 Å². The first-order valence-electron chi connectivity index (χ1n) is 10.9. The summed E-state index contributed by atoms with van der Waals surface area (Å²) in [5.74, 6) is 1.90. The van der Waals surface area contributed by atoms with E-state index in [2.05, 4.69) is 34.8 Å². The highest BCUT2D eigenvalue weighted by Crippen LogP contribution is 2.27. The lowest BCUT2D eigenvalue weighted by Crippen LogP contribution is -2.20. The van der Waals surface area contributed by atoms with Gasteiger partial charge in [-0.2, -0.15) is 10.1 Å². The monoisotopic (exact) mass is 394 g/mol. The zero-order valence-corrected chi connectivity index (χ0v) is 17.7. The molecule has 0 spiro atoms. The summed E-state index contributed by atoms with van der Waals surface area (Å²) in [5, 5.41) is 9.56. The van der Waals surface area contributed by atoms with Crippen LogP contribution in [0.25, 0.3) is 5.65 Å². The number of nitrogens with zero attached hydrogens (tertiary/aromatic N) is 8. The summed E-state index contributed by atoms with van der Waals surface area (Å²) < 4.78 is 3.96. The third-order valence-corrected chi connectivity index (χ3v) is 6.36. The smallest absolute Gasteiger partial charge is 0.244 e. The Morgan fingerprint density at radius 1 is 0.862 bits per heavy atom. The molecular formula is C21H30N8. The second-order valence-corrected chi connectivity index (χ2v) is 8.38. The van der Waals surface area contributed by atoms with Crippen LogP contribution in [0.15, 0.2) is 6.07 Å². The number of aryl methyl sites for hydroxylation is 5. The zero-order chi connectivity index (χ0) is 20.0. The maximum Gasteiger partial charge on any atom is 0.244 e. The molecule has 2 aliphatic heterocycles. The molecule has 0 bridgehead atoms. The van der Waals surface area contributed by atoms with Crippen molar-refractivity contribution in [3.05, 3.63) is 29.0 Å². The van der Waals surface area contributed by atoms with Crippen LogP contribution in [0.3, 0.4) is 0 Å². The SMILES string of the molecule is Cc1nc2c(N3CCCC3)cc(CCc3nc(N4CCCC4)nn3C)nn2c1C. The molecule has 2 saturated heterocycles. The fraction of sp³-hybridized carbons (Fsp3) is 0.619. The first kappa shape index (κ1) is 18.4. The van der Waals surface area contributed by atoms with Crippen molar-refractivity contribution in [1.29, 1.82) is 0 Å². The molecule has 8 nitrogen and oxygen atoms in total. The number of hydrogen-bond acceptors (Lipinski definition) is 6. The average molecular weight is 395 g/mol. The van der Waals surface area contributed by atoms with Crippen molar-refractivity contribution >= 4 is 17.3 Å². The maximum absolute atomic E-state index is 4.92. The van der Waals surface area contributed by atoms with Crippen molar-refractivity contribution in [3.63, 3.8) is 0 Å². The van der Waals surface area contributed by atoms with E-state index in [1.807, 2.05) is 16.2 Å². The van der Waals surface area contributed by atoms with Gasteiger partial charge in [0.1, 0.15) is 5.82 Å². The number of anilines is 2. The Balaban J connectivity index is 1.42. The molecule has 3 aromatic heterocycles. The summed E-state index contributed by atoms with van der Waals surface area (Å²) in [6.45, 7) is 8.51. The van der Waals surface area contributed by atoms with Gasteiger partial charge in [0.25, 0.3) is 0 Å². The Morgan fingerprint density at radius 3 is 2.28 bits per heavy atom. The molecule has 2 aliphatic rings. The fourth-order valence-electron chi connectivity index (χ4n) is 4.49. The summed E-state index contributed by atoms with van der Waals surface area (Å²) in [4.78, 5) is 14.4. The van der Waals surface area contributed by atoms with Crippen LogP contribution < -0.4 is 9.80 Å². The molecule has 0 atom stereocenters. The third-order valence-electron chi connectivity index (χ3n) is 6.36. The second kappa shape index (κ2) is 7.31. The van der Waals surface area contributed by atoms with Gasteiger partial charge in [0.15, 0.2) is 5.65 Å². The van der Waals surface area contributed by atoms with E-state index in [4.69, 9.17) is 15.1 Å². The highest BCUT2D eigenvalue weighted by molar-refractivity contribution is 5.70. The molecule has 0 N–H and O–H groups in total. The van der Waals surface area contributed by atoms with E-state index in [1.165, 1.54) is 31.4 Å². The van der Waals surface area contributed by atoms with Crippen LogP contribution in [0.1, 0.15) is 48.6 Å². The molecule has 0 aliphatic carbocycles. The Labute approximate surface area is 171 Å². The predicted molar refractivity (Wildman–Crippen MR) is 114 cm³/mol. The van der Waals surface area contributed by atoms with Gasteiger partial charge in [-0.05, 0) is 52.0 Å². The van der Waals surface area contributed by atoms with Crippen molar-refractivity contribution in [1.82, 2.24) is 29.4 Å². The maximum atomic E-state index is 4.92. The Hall–Kier alpha value is -2.64. The lowest BCUT2D eigenvalue weighted by Gasteiger charge is -2.19. The van der Waals surface area contributed by atoms with Gasteiger partial charge in [0, 0.05) is 39.6 Å². The zero-order valence-electron chi connectivity index (χ0n) is 17.7. The van der Waals surface area contributed by atoms with Crippen molar-refractivity contribution in [2.75, 3.05) is 36.0 Å². The summed E-state index contributed by atoms with van der Waals surface area (Å²) in [5.41, 5.74) is 5.47. The van der Waals surface area contributed by atoms with Crippen molar-refractivity contribution in [2.24, 2.45) is 7.05 Å². The molecule has 3 aromatic rings. The predicted octanol–water partition coefficient (Wildman–Crippen LogP) is 2.46. The molecule has 0 saturated carbocycles. The summed E-state index contributed by atoms with van der Waals surface area (Å²) >= 11 is 0. The van der Waals surface area contributed by atoms with Gasteiger partial charge in [0.05, 0.1) is 22.8 Å². The summed E-state index contributed by atoms with van der Waals surface area (Å²) in [6, 6.07) is 2.24. The number of fused-ring (bicyclic) bond motifs is 1. The molecule has 8 heteroatoms. The normalized spacial score (nSPS) is 17.2. The quantitative estimate of drug-likeness (QED) is 0.662. The van der Waals surface area contributed by atoms with Crippen LogP contribution in [0.4, 0.5) is 11.6 Å². The van der Waals surface area contributed by atoms with E-state index in [9.17, 15) is 0 Å². The number of aromatic nitrogens is 6. The van der Waals surface area contributed by atoms with E-state index in [-0.39, 0.29) is 0 Å². The Kier molecular flexibility index (Phi) is 4.64. The van der Waals surface area contributed by atoms with Crippen molar-refractivity contribution in [3.8, 4) is 0 Å². The van der Waals surface area contributed by atoms with Crippen LogP contribution in [0.5, 0.6) is 0 Å². The molecule has 0 unspecified atom stereocenters. The molecule has 154 valence electrons. The van der Waals surface area contributed by atoms with Crippen LogP contribution in [0.2, 0.25) is 0 Å². The molecule has 0 amide bonds. The minimum Gasteiger partial charge on any atom is -0.368 e. The van der Waals surface area contributed by atoms with E-state index in [0.717, 1.165) is 73.5 Å². The van der Waals surface area contributed by atoms with E-state index < -0.39 is 0 Å². The Bertz CT molecular complexity index is 1020. The van der Waals surface area contributed by atoms with E-state index >= 15 is 0 Å². The van der Waals surface area contributed by atoms with Crippen molar-refractivity contribution < 1.29 is 0 Å². The van der Waals surface area contributed by atoms with Gasteiger partial charge in [-0.3, -0.25) is 4.68 Å². The van der Waals surface area contributed by atoms with Crippen LogP contribution >= 0.6 is 0 Å². The molecular weight excluding hydrogens is 364 g/mol. The average Bonchev–Trinajstić information content (AvgIpc) is 3.49. The van der Waals surface area contributed by atoms with Gasteiger partial charge in [-0.1, -0.05) is 0 Å². The Morgan fingerprint density at radius 2 is 1.55 bits per heavy atom. The third kappa shape index (κ3) is 3.34. The molecule has 0 radical (unpaired) electrons. The van der Waals surface area contributed by atoms with Gasteiger partial charge >= 0.3 is 0 Å². The lowest BCUT2D eigenvalue weighted by atomic mass is 10.2. The molecule has 0 aromatic carbocycles. The highest BCUT2D eigenvalue weighted by atomic mass is 15.4. The first-order valence-corrected chi connectivity index (χ1v) is 10.9. The molecule has 29 heavy (non-hydrogen) atoms.